The van der Waals surface area contributed by atoms with Crippen molar-refractivity contribution in [1.82, 2.24) is 5.32 Å². The normalized spacial score (nSPS) is 25.5. The lowest BCUT2D eigenvalue weighted by atomic mass is 10.0. The van der Waals surface area contributed by atoms with Gasteiger partial charge in [0.25, 0.3) is 0 Å². The fourth-order valence-corrected chi connectivity index (χ4v) is 2.61. The topological polar surface area (TPSA) is 32.3 Å². The molecule has 0 amide bonds. The van der Waals surface area contributed by atoms with Crippen LogP contribution in [0, 0.1) is 5.92 Å². The first-order chi connectivity index (χ1) is 8.25. The molecule has 2 atom stereocenters. The van der Waals surface area contributed by atoms with Gasteiger partial charge in [-0.3, -0.25) is 0 Å². The summed E-state index contributed by atoms with van der Waals surface area (Å²) in [5.74, 6) is 1.29. The quantitative estimate of drug-likeness (QED) is 0.784. The highest BCUT2D eigenvalue weighted by Gasteiger charge is 2.15. The second kappa shape index (κ2) is 6.06. The van der Waals surface area contributed by atoms with Crippen LogP contribution in [0.1, 0.15) is 44.6 Å². The molecule has 1 aliphatic rings. The molecule has 1 saturated carbocycles. The van der Waals surface area contributed by atoms with Crippen LogP contribution >= 0.6 is 0 Å². The Morgan fingerprint density at radius 1 is 1.18 bits per heavy atom. The third kappa shape index (κ3) is 3.74. The molecular formula is C15H23NO. The number of hydrogen-bond donors (Lipinski definition) is 2. The summed E-state index contributed by atoms with van der Waals surface area (Å²) in [5.41, 5.74) is 1.00. The maximum atomic E-state index is 9.70. The molecule has 0 radical (unpaired) electrons. The number of benzene rings is 1. The number of phenols is 1. The van der Waals surface area contributed by atoms with E-state index in [1.807, 2.05) is 18.2 Å². The molecule has 0 aliphatic heterocycles. The molecule has 0 saturated heterocycles. The Labute approximate surface area is 104 Å². The molecular weight excluding hydrogens is 210 g/mol. The Balaban J connectivity index is 1.83. The maximum absolute atomic E-state index is 9.70. The van der Waals surface area contributed by atoms with Gasteiger partial charge in [-0.1, -0.05) is 38.0 Å². The second-order valence-electron chi connectivity index (χ2n) is 5.32. The lowest BCUT2D eigenvalue weighted by Gasteiger charge is -2.16. The van der Waals surface area contributed by atoms with E-state index >= 15 is 0 Å². The summed E-state index contributed by atoms with van der Waals surface area (Å²) in [7, 11) is 0. The average molecular weight is 233 g/mol. The highest BCUT2D eigenvalue weighted by atomic mass is 16.3. The van der Waals surface area contributed by atoms with E-state index in [2.05, 4.69) is 12.2 Å². The Morgan fingerprint density at radius 2 is 2.00 bits per heavy atom. The number of rotatable bonds is 3. The summed E-state index contributed by atoms with van der Waals surface area (Å²) in [6.45, 7) is 3.14. The summed E-state index contributed by atoms with van der Waals surface area (Å²) >= 11 is 0. The molecule has 2 nitrogen and oxygen atoms in total. The zero-order valence-corrected chi connectivity index (χ0v) is 10.7. The van der Waals surface area contributed by atoms with Crippen molar-refractivity contribution >= 4 is 0 Å². The minimum absolute atomic E-state index is 0.405. The van der Waals surface area contributed by atoms with Crippen molar-refractivity contribution in [3.05, 3.63) is 29.8 Å². The number of nitrogens with one attached hydrogen (secondary N) is 1. The summed E-state index contributed by atoms with van der Waals surface area (Å²) in [6.07, 6.45) is 6.58. The maximum Gasteiger partial charge on any atom is 0.120 e. The third-order valence-corrected chi connectivity index (χ3v) is 3.83. The van der Waals surface area contributed by atoms with Gasteiger partial charge in [-0.15, -0.1) is 0 Å². The Morgan fingerprint density at radius 3 is 2.82 bits per heavy atom. The molecule has 0 aromatic heterocycles. The molecule has 0 bridgehead atoms. The van der Waals surface area contributed by atoms with Crippen molar-refractivity contribution in [2.24, 2.45) is 5.92 Å². The first kappa shape index (κ1) is 12.4. The first-order valence-electron chi connectivity index (χ1n) is 6.76. The van der Waals surface area contributed by atoms with Gasteiger partial charge in [0.2, 0.25) is 0 Å². The van der Waals surface area contributed by atoms with E-state index < -0.39 is 0 Å². The summed E-state index contributed by atoms with van der Waals surface area (Å²) in [6, 6.07) is 8.21. The van der Waals surface area contributed by atoms with E-state index in [0.29, 0.717) is 11.8 Å². The zero-order chi connectivity index (χ0) is 12.1. The predicted octanol–water partition coefficient (Wildman–Crippen LogP) is 3.45. The predicted molar refractivity (Wildman–Crippen MR) is 71.0 cm³/mol. The van der Waals surface area contributed by atoms with E-state index in [1.54, 1.807) is 6.07 Å². The molecule has 2 rings (SSSR count). The van der Waals surface area contributed by atoms with Gasteiger partial charge in [0.15, 0.2) is 0 Å². The monoisotopic (exact) mass is 233 g/mol. The van der Waals surface area contributed by atoms with Crippen LogP contribution in [0.4, 0.5) is 0 Å². The summed E-state index contributed by atoms with van der Waals surface area (Å²) in [5, 5.41) is 13.3. The Hall–Kier alpha value is -1.02. The smallest absolute Gasteiger partial charge is 0.120 e. The van der Waals surface area contributed by atoms with Crippen molar-refractivity contribution in [3.8, 4) is 5.75 Å². The van der Waals surface area contributed by atoms with Crippen molar-refractivity contribution in [2.75, 3.05) is 0 Å². The van der Waals surface area contributed by atoms with E-state index in [4.69, 9.17) is 0 Å². The lowest BCUT2D eigenvalue weighted by Crippen LogP contribution is -2.27. The number of aromatic hydroxyl groups is 1. The van der Waals surface area contributed by atoms with Gasteiger partial charge in [-0.2, -0.15) is 0 Å². The van der Waals surface area contributed by atoms with Crippen LogP contribution in [0.2, 0.25) is 0 Å². The van der Waals surface area contributed by atoms with Crippen molar-refractivity contribution in [1.29, 1.82) is 0 Å². The number of para-hydroxylation sites is 1. The number of phenolic OH excluding ortho intramolecular Hbond substituents is 1. The molecule has 2 unspecified atom stereocenters. The van der Waals surface area contributed by atoms with Crippen molar-refractivity contribution in [3.63, 3.8) is 0 Å². The molecule has 2 heteroatoms. The van der Waals surface area contributed by atoms with Gasteiger partial charge < -0.3 is 10.4 Å². The van der Waals surface area contributed by atoms with Crippen LogP contribution in [-0.2, 0) is 6.54 Å². The van der Waals surface area contributed by atoms with E-state index in [9.17, 15) is 5.11 Å². The summed E-state index contributed by atoms with van der Waals surface area (Å²) < 4.78 is 0. The van der Waals surface area contributed by atoms with Gasteiger partial charge in [0, 0.05) is 18.2 Å². The highest BCUT2D eigenvalue weighted by Crippen LogP contribution is 2.23. The van der Waals surface area contributed by atoms with Crippen LogP contribution in [-0.4, -0.2) is 11.1 Å². The van der Waals surface area contributed by atoms with Crippen molar-refractivity contribution in [2.45, 2.75) is 51.6 Å². The van der Waals surface area contributed by atoms with E-state index in [1.165, 1.54) is 32.1 Å². The second-order valence-corrected chi connectivity index (χ2v) is 5.32. The van der Waals surface area contributed by atoms with E-state index in [-0.39, 0.29) is 0 Å². The van der Waals surface area contributed by atoms with E-state index in [0.717, 1.165) is 18.0 Å². The molecule has 1 aliphatic carbocycles. The van der Waals surface area contributed by atoms with Crippen LogP contribution in [0.5, 0.6) is 5.75 Å². The van der Waals surface area contributed by atoms with Crippen LogP contribution in [0.3, 0.4) is 0 Å². The van der Waals surface area contributed by atoms with Gasteiger partial charge in [-0.05, 0) is 31.2 Å². The highest BCUT2D eigenvalue weighted by molar-refractivity contribution is 5.31. The third-order valence-electron chi connectivity index (χ3n) is 3.83. The van der Waals surface area contributed by atoms with Gasteiger partial charge >= 0.3 is 0 Å². The lowest BCUT2D eigenvalue weighted by molar-refractivity contribution is 0.432. The molecule has 1 aromatic rings. The molecule has 0 heterocycles. The van der Waals surface area contributed by atoms with Crippen molar-refractivity contribution < 1.29 is 5.11 Å². The van der Waals surface area contributed by atoms with Crippen LogP contribution < -0.4 is 5.32 Å². The largest absolute Gasteiger partial charge is 0.508 e. The fraction of sp³-hybridized carbons (Fsp3) is 0.600. The zero-order valence-electron chi connectivity index (χ0n) is 10.7. The van der Waals surface area contributed by atoms with Gasteiger partial charge in [0.1, 0.15) is 5.75 Å². The molecule has 2 N–H and O–H groups in total. The molecule has 17 heavy (non-hydrogen) atoms. The Kier molecular flexibility index (Phi) is 4.43. The standard InChI is InChI=1S/C15H23NO/c1-12-5-4-7-14(10-9-12)16-11-13-6-2-3-8-15(13)17/h2-3,6,8,12,14,16-17H,4-5,7,9-11H2,1H3. The molecule has 1 aromatic carbocycles. The SMILES string of the molecule is CC1CCCC(NCc2ccccc2O)CC1. The minimum Gasteiger partial charge on any atom is -0.508 e. The van der Waals surface area contributed by atoms with Gasteiger partial charge in [0.05, 0.1) is 0 Å². The van der Waals surface area contributed by atoms with Gasteiger partial charge in [-0.25, -0.2) is 0 Å². The molecule has 1 fully saturated rings. The first-order valence-corrected chi connectivity index (χ1v) is 6.76. The minimum atomic E-state index is 0.405. The fourth-order valence-electron chi connectivity index (χ4n) is 2.61. The summed E-state index contributed by atoms with van der Waals surface area (Å²) in [4.78, 5) is 0. The molecule has 94 valence electrons. The van der Waals surface area contributed by atoms with Crippen LogP contribution in [0.25, 0.3) is 0 Å². The Bertz CT molecular complexity index is 351. The molecule has 0 spiro atoms. The van der Waals surface area contributed by atoms with Crippen LogP contribution in [0.15, 0.2) is 24.3 Å². The number of hydrogen-bond acceptors (Lipinski definition) is 2. The average Bonchev–Trinajstić information content (AvgIpc) is 2.53.